The Kier molecular flexibility index (Phi) is 5.11. The number of aryl methyl sites for hydroxylation is 1. The topological polar surface area (TPSA) is 43.6 Å². The number of benzene rings is 2. The van der Waals surface area contributed by atoms with Crippen LogP contribution in [0.4, 0.5) is 0 Å². The molecule has 1 amide bonds. The molecule has 0 unspecified atom stereocenters. The van der Waals surface area contributed by atoms with E-state index in [1.165, 1.54) is 0 Å². The van der Waals surface area contributed by atoms with Crippen LogP contribution in [0.15, 0.2) is 53.5 Å². The molecule has 0 saturated carbocycles. The molecular formula is C19H20N2O2S. The zero-order chi connectivity index (χ0) is 16.9. The Hall–Kier alpha value is -2.40. The standard InChI is InChI=1S/C19H20N2O2S/c1-3-21-16-7-5-6-8-17(16)24-19(21)20-18(22)13-14-9-11-15(12-10-14)23-4-2/h5-12H,3-4,13H2,1-2H3. The lowest BCUT2D eigenvalue weighted by atomic mass is 10.1. The van der Waals surface area contributed by atoms with E-state index in [1.54, 1.807) is 11.3 Å². The summed E-state index contributed by atoms with van der Waals surface area (Å²) in [4.78, 5) is 17.4. The summed E-state index contributed by atoms with van der Waals surface area (Å²) in [7, 11) is 0. The van der Waals surface area contributed by atoms with E-state index in [2.05, 4.69) is 28.6 Å². The van der Waals surface area contributed by atoms with Gasteiger partial charge in [0, 0.05) is 6.54 Å². The van der Waals surface area contributed by atoms with Gasteiger partial charge in [-0.2, -0.15) is 4.99 Å². The van der Waals surface area contributed by atoms with Gasteiger partial charge in [-0.1, -0.05) is 35.6 Å². The van der Waals surface area contributed by atoms with Gasteiger partial charge < -0.3 is 9.30 Å². The molecule has 24 heavy (non-hydrogen) atoms. The molecule has 0 N–H and O–H groups in total. The van der Waals surface area contributed by atoms with Crippen molar-refractivity contribution < 1.29 is 9.53 Å². The van der Waals surface area contributed by atoms with Crippen molar-refractivity contribution in [3.8, 4) is 5.75 Å². The number of carbonyl (C=O) groups excluding carboxylic acids is 1. The summed E-state index contributed by atoms with van der Waals surface area (Å²) in [6.07, 6.45) is 0.296. The molecular weight excluding hydrogens is 320 g/mol. The van der Waals surface area contributed by atoms with Gasteiger partial charge in [-0.25, -0.2) is 0 Å². The van der Waals surface area contributed by atoms with Crippen LogP contribution in [-0.4, -0.2) is 17.1 Å². The molecule has 3 rings (SSSR count). The van der Waals surface area contributed by atoms with E-state index in [9.17, 15) is 4.79 Å². The second-order valence-corrected chi connectivity index (χ2v) is 6.37. The van der Waals surface area contributed by atoms with E-state index in [4.69, 9.17) is 4.74 Å². The maximum atomic E-state index is 12.3. The molecule has 0 aliphatic rings. The van der Waals surface area contributed by atoms with Gasteiger partial charge in [0.15, 0.2) is 4.80 Å². The van der Waals surface area contributed by atoms with E-state index < -0.39 is 0 Å². The van der Waals surface area contributed by atoms with Crippen LogP contribution in [-0.2, 0) is 17.8 Å². The number of amides is 1. The fourth-order valence-corrected chi connectivity index (χ4v) is 3.71. The minimum Gasteiger partial charge on any atom is -0.494 e. The first kappa shape index (κ1) is 16.5. The highest BCUT2D eigenvalue weighted by molar-refractivity contribution is 7.16. The Bertz CT molecular complexity index is 907. The normalized spacial score (nSPS) is 11.8. The van der Waals surface area contributed by atoms with Crippen molar-refractivity contribution in [1.82, 2.24) is 4.57 Å². The number of nitrogens with zero attached hydrogens (tertiary/aromatic N) is 2. The second-order valence-electron chi connectivity index (χ2n) is 5.36. The summed E-state index contributed by atoms with van der Waals surface area (Å²) < 4.78 is 8.64. The van der Waals surface area contributed by atoms with Gasteiger partial charge in [-0.15, -0.1) is 0 Å². The number of para-hydroxylation sites is 1. The number of carbonyl (C=O) groups is 1. The van der Waals surface area contributed by atoms with Gasteiger partial charge in [0.2, 0.25) is 0 Å². The highest BCUT2D eigenvalue weighted by Crippen LogP contribution is 2.17. The predicted molar refractivity (Wildman–Crippen MR) is 97.4 cm³/mol. The fraction of sp³-hybridized carbons (Fsp3) is 0.263. The first-order chi connectivity index (χ1) is 11.7. The second kappa shape index (κ2) is 7.45. The number of ether oxygens (including phenoxy) is 1. The van der Waals surface area contributed by atoms with Gasteiger partial charge in [0.1, 0.15) is 5.75 Å². The van der Waals surface area contributed by atoms with Gasteiger partial charge >= 0.3 is 0 Å². The molecule has 4 nitrogen and oxygen atoms in total. The van der Waals surface area contributed by atoms with Crippen LogP contribution in [0, 0.1) is 0 Å². The number of aromatic nitrogens is 1. The molecule has 0 aliphatic carbocycles. The van der Waals surface area contributed by atoms with Crippen LogP contribution >= 0.6 is 11.3 Å². The van der Waals surface area contributed by atoms with Crippen LogP contribution in [0.2, 0.25) is 0 Å². The van der Waals surface area contributed by atoms with Crippen molar-refractivity contribution in [2.75, 3.05) is 6.61 Å². The van der Waals surface area contributed by atoms with Gasteiger partial charge in [0.25, 0.3) is 5.91 Å². The number of hydrogen-bond donors (Lipinski definition) is 0. The molecule has 0 radical (unpaired) electrons. The van der Waals surface area contributed by atoms with Crippen molar-refractivity contribution in [3.05, 3.63) is 58.9 Å². The van der Waals surface area contributed by atoms with Crippen molar-refractivity contribution in [2.45, 2.75) is 26.8 Å². The summed E-state index contributed by atoms with van der Waals surface area (Å²) in [6, 6.07) is 15.7. The first-order valence-electron chi connectivity index (χ1n) is 8.09. The van der Waals surface area contributed by atoms with E-state index in [1.807, 2.05) is 43.3 Å². The lowest BCUT2D eigenvalue weighted by molar-refractivity contribution is -0.117. The van der Waals surface area contributed by atoms with Crippen molar-refractivity contribution in [2.24, 2.45) is 4.99 Å². The molecule has 0 fully saturated rings. The van der Waals surface area contributed by atoms with Crippen molar-refractivity contribution in [3.63, 3.8) is 0 Å². The smallest absolute Gasteiger partial charge is 0.252 e. The van der Waals surface area contributed by atoms with Crippen molar-refractivity contribution >= 4 is 27.5 Å². The highest BCUT2D eigenvalue weighted by Gasteiger charge is 2.07. The minimum atomic E-state index is -0.132. The number of hydrogen-bond acceptors (Lipinski definition) is 3. The Morgan fingerprint density at radius 3 is 2.58 bits per heavy atom. The van der Waals surface area contributed by atoms with Crippen LogP contribution in [0.25, 0.3) is 10.2 Å². The van der Waals surface area contributed by atoms with Gasteiger partial charge in [-0.3, -0.25) is 4.79 Å². The number of thiazole rings is 1. The average molecular weight is 340 g/mol. The third kappa shape index (κ3) is 3.57. The van der Waals surface area contributed by atoms with E-state index in [-0.39, 0.29) is 5.91 Å². The van der Waals surface area contributed by atoms with E-state index in [0.29, 0.717) is 13.0 Å². The summed E-state index contributed by atoms with van der Waals surface area (Å²) in [6.45, 7) is 5.44. The zero-order valence-corrected chi connectivity index (χ0v) is 14.7. The molecule has 3 aromatic rings. The Morgan fingerprint density at radius 1 is 1.12 bits per heavy atom. The quantitative estimate of drug-likeness (QED) is 0.709. The molecule has 5 heteroatoms. The maximum Gasteiger partial charge on any atom is 0.252 e. The van der Waals surface area contributed by atoms with Crippen LogP contribution in [0.3, 0.4) is 0 Å². The largest absolute Gasteiger partial charge is 0.494 e. The SMILES string of the molecule is CCOc1ccc(CC(=O)N=c2sc3ccccc3n2CC)cc1. The Morgan fingerprint density at radius 2 is 1.88 bits per heavy atom. The van der Waals surface area contributed by atoms with Crippen LogP contribution in [0.5, 0.6) is 5.75 Å². The molecule has 0 saturated heterocycles. The van der Waals surface area contributed by atoms with Gasteiger partial charge in [0.05, 0.1) is 23.2 Å². The molecule has 0 spiro atoms. The van der Waals surface area contributed by atoms with E-state index >= 15 is 0 Å². The molecule has 1 heterocycles. The minimum absolute atomic E-state index is 0.132. The molecule has 2 aromatic carbocycles. The Balaban J connectivity index is 1.84. The monoisotopic (exact) mass is 340 g/mol. The molecule has 124 valence electrons. The molecule has 0 aliphatic heterocycles. The maximum absolute atomic E-state index is 12.3. The third-order valence-corrected chi connectivity index (χ3v) is 4.77. The Labute approximate surface area is 145 Å². The number of rotatable bonds is 5. The molecule has 0 bridgehead atoms. The summed E-state index contributed by atoms with van der Waals surface area (Å²) in [5, 5.41) is 0. The number of fused-ring (bicyclic) bond motifs is 1. The zero-order valence-electron chi connectivity index (χ0n) is 13.9. The third-order valence-electron chi connectivity index (χ3n) is 3.71. The lowest BCUT2D eigenvalue weighted by Gasteiger charge is -2.03. The highest BCUT2D eigenvalue weighted by atomic mass is 32.1. The summed E-state index contributed by atoms with van der Waals surface area (Å²) in [5.41, 5.74) is 2.06. The van der Waals surface area contributed by atoms with Gasteiger partial charge in [-0.05, 0) is 43.7 Å². The average Bonchev–Trinajstić information content (AvgIpc) is 2.93. The molecule has 0 atom stereocenters. The first-order valence-corrected chi connectivity index (χ1v) is 8.90. The fourth-order valence-electron chi connectivity index (χ4n) is 2.60. The molecule has 1 aromatic heterocycles. The summed E-state index contributed by atoms with van der Waals surface area (Å²) in [5.74, 6) is 0.687. The van der Waals surface area contributed by atoms with E-state index in [0.717, 1.165) is 32.9 Å². The van der Waals surface area contributed by atoms with Crippen molar-refractivity contribution in [1.29, 1.82) is 0 Å². The lowest BCUT2D eigenvalue weighted by Crippen LogP contribution is -2.16. The predicted octanol–water partition coefficient (Wildman–Crippen LogP) is 3.79. The van der Waals surface area contributed by atoms with Crippen LogP contribution in [0.1, 0.15) is 19.4 Å². The summed E-state index contributed by atoms with van der Waals surface area (Å²) >= 11 is 1.55. The van der Waals surface area contributed by atoms with Crippen LogP contribution < -0.4 is 9.54 Å².